The predicted molar refractivity (Wildman–Crippen MR) is 87.4 cm³/mol. The van der Waals surface area contributed by atoms with Crippen LogP contribution in [0.3, 0.4) is 0 Å². The van der Waals surface area contributed by atoms with E-state index < -0.39 is 6.09 Å². The molecule has 1 rings (SSSR count). The van der Waals surface area contributed by atoms with Crippen molar-refractivity contribution < 1.29 is 24.2 Å². The summed E-state index contributed by atoms with van der Waals surface area (Å²) in [7, 11) is 0. The van der Waals surface area contributed by atoms with Crippen LogP contribution in [-0.2, 0) is 9.47 Å². The van der Waals surface area contributed by atoms with Gasteiger partial charge in [0.2, 0.25) is 0 Å². The van der Waals surface area contributed by atoms with Crippen LogP contribution >= 0.6 is 11.3 Å². The SMILES string of the molecule is CCOCCN(CCOCC)C(=O)c1sc(NC(=O)O)nc1C. The van der Waals surface area contributed by atoms with Gasteiger partial charge in [-0.05, 0) is 20.8 Å². The number of nitrogens with one attached hydrogen (secondary N) is 1. The smallest absolute Gasteiger partial charge is 0.410 e. The monoisotopic (exact) mass is 345 g/mol. The lowest BCUT2D eigenvalue weighted by molar-refractivity contribution is 0.0553. The van der Waals surface area contributed by atoms with Crippen LogP contribution in [0.5, 0.6) is 0 Å². The topological polar surface area (TPSA) is 101 Å². The van der Waals surface area contributed by atoms with Crippen molar-refractivity contribution >= 4 is 28.5 Å². The van der Waals surface area contributed by atoms with E-state index in [1.165, 1.54) is 0 Å². The van der Waals surface area contributed by atoms with Crippen LogP contribution in [-0.4, -0.2) is 66.5 Å². The summed E-state index contributed by atoms with van der Waals surface area (Å²) in [6.45, 7) is 8.39. The number of carbonyl (C=O) groups excluding carboxylic acids is 1. The molecule has 9 heteroatoms. The lowest BCUT2D eigenvalue weighted by Crippen LogP contribution is -2.36. The minimum Gasteiger partial charge on any atom is -0.465 e. The van der Waals surface area contributed by atoms with Crippen LogP contribution < -0.4 is 5.32 Å². The van der Waals surface area contributed by atoms with Gasteiger partial charge in [-0.15, -0.1) is 0 Å². The van der Waals surface area contributed by atoms with E-state index in [4.69, 9.17) is 14.6 Å². The summed E-state index contributed by atoms with van der Waals surface area (Å²) in [6.07, 6.45) is -1.21. The lowest BCUT2D eigenvalue weighted by Gasteiger charge is -2.22. The summed E-state index contributed by atoms with van der Waals surface area (Å²) >= 11 is 1.03. The van der Waals surface area contributed by atoms with Gasteiger partial charge in [0, 0.05) is 26.3 Å². The number of carboxylic acid groups (broad SMARTS) is 1. The number of rotatable bonds is 10. The second-order valence-electron chi connectivity index (χ2n) is 4.55. The fourth-order valence-electron chi connectivity index (χ4n) is 1.84. The van der Waals surface area contributed by atoms with Gasteiger partial charge >= 0.3 is 6.09 Å². The van der Waals surface area contributed by atoms with Crippen molar-refractivity contribution in [2.24, 2.45) is 0 Å². The molecular formula is C14H23N3O5S. The second kappa shape index (κ2) is 10.1. The molecule has 1 aromatic heterocycles. The number of anilines is 1. The van der Waals surface area contributed by atoms with Crippen molar-refractivity contribution in [3.63, 3.8) is 0 Å². The molecule has 0 radical (unpaired) electrons. The Morgan fingerprint density at radius 2 is 1.78 bits per heavy atom. The van der Waals surface area contributed by atoms with Crippen molar-refractivity contribution in [3.8, 4) is 0 Å². The maximum atomic E-state index is 12.7. The van der Waals surface area contributed by atoms with Crippen molar-refractivity contribution in [1.82, 2.24) is 9.88 Å². The van der Waals surface area contributed by atoms with Crippen molar-refractivity contribution in [1.29, 1.82) is 0 Å². The van der Waals surface area contributed by atoms with Crippen molar-refractivity contribution in [3.05, 3.63) is 10.6 Å². The molecule has 1 heterocycles. The molecule has 0 aliphatic rings. The molecule has 1 aromatic rings. The highest BCUT2D eigenvalue weighted by Gasteiger charge is 2.22. The molecule has 130 valence electrons. The molecule has 0 saturated heterocycles. The number of nitrogens with zero attached hydrogens (tertiary/aromatic N) is 2. The highest BCUT2D eigenvalue weighted by Crippen LogP contribution is 2.24. The van der Waals surface area contributed by atoms with Crippen LogP contribution in [0.1, 0.15) is 29.2 Å². The van der Waals surface area contributed by atoms with Crippen molar-refractivity contribution in [2.45, 2.75) is 20.8 Å². The minimum absolute atomic E-state index is 0.188. The van der Waals surface area contributed by atoms with E-state index in [1.807, 2.05) is 13.8 Å². The third-order valence-corrected chi connectivity index (χ3v) is 3.97. The highest BCUT2D eigenvalue weighted by atomic mass is 32.1. The van der Waals surface area contributed by atoms with Crippen LogP contribution in [0.4, 0.5) is 9.93 Å². The maximum absolute atomic E-state index is 12.7. The third-order valence-electron chi connectivity index (χ3n) is 2.91. The first-order chi connectivity index (χ1) is 11.0. The Hall–Kier alpha value is -1.71. The molecule has 23 heavy (non-hydrogen) atoms. The number of carbonyl (C=O) groups is 2. The minimum atomic E-state index is -1.21. The number of hydrogen-bond acceptors (Lipinski definition) is 6. The Balaban J connectivity index is 2.80. The third kappa shape index (κ3) is 6.51. The van der Waals surface area contributed by atoms with Gasteiger partial charge in [0.05, 0.1) is 18.9 Å². The summed E-state index contributed by atoms with van der Waals surface area (Å²) in [5, 5.41) is 11.1. The van der Waals surface area contributed by atoms with Crippen LogP contribution in [0.25, 0.3) is 0 Å². The molecule has 0 unspecified atom stereocenters. The summed E-state index contributed by atoms with van der Waals surface area (Å²) in [5.74, 6) is -0.196. The first-order valence-corrected chi connectivity index (χ1v) is 8.23. The number of amides is 2. The number of thiazole rings is 1. The molecule has 0 bridgehead atoms. The van der Waals surface area contributed by atoms with E-state index in [1.54, 1.807) is 11.8 Å². The molecule has 0 atom stereocenters. The van der Waals surface area contributed by atoms with Crippen molar-refractivity contribution in [2.75, 3.05) is 44.8 Å². The second-order valence-corrected chi connectivity index (χ2v) is 5.55. The van der Waals surface area contributed by atoms with E-state index in [2.05, 4.69) is 10.3 Å². The van der Waals surface area contributed by atoms with Crippen LogP contribution in [0.15, 0.2) is 0 Å². The molecule has 0 aliphatic heterocycles. The highest BCUT2D eigenvalue weighted by molar-refractivity contribution is 7.17. The molecule has 0 fully saturated rings. The molecule has 0 spiro atoms. The maximum Gasteiger partial charge on any atom is 0.410 e. The number of hydrogen-bond donors (Lipinski definition) is 2. The van der Waals surface area contributed by atoms with Gasteiger partial charge in [-0.2, -0.15) is 0 Å². The normalized spacial score (nSPS) is 10.6. The summed E-state index contributed by atoms with van der Waals surface area (Å²) in [5.41, 5.74) is 0.501. The van der Waals surface area contributed by atoms with Gasteiger partial charge in [-0.3, -0.25) is 10.1 Å². The largest absolute Gasteiger partial charge is 0.465 e. The zero-order valence-corrected chi connectivity index (χ0v) is 14.4. The first kappa shape index (κ1) is 19.3. The van der Waals surface area contributed by atoms with Gasteiger partial charge in [0.25, 0.3) is 5.91 Å². The molecule has 0 saturated carbocycles. The first-order valence-electron chi connectivity index (χ1n) is 7.41. The molecule has 8 nitrogen and oxygen atoms in total. The fourth-order valence-corrected chi connectivity index (χ4v) is 2.76. The van der Waals surface area contributed by atoms with Gasteiger partial charge in [0.1, 0.15) is 4.88 Å². The Bertz CT molecular complexity index is 511. The fraction of sp³-hybridized carbons (Fsp3) is 0.643. The molecule has 0 aliphatic carbocycles. The van der Waals surface area contributed by atoms with E-state index in [0.717, 1.165) is 11.3 Å². The van der Waals surface area contributed by atoms with Gasteiger partial charge in [0.15, 0.2) is 5.13 Å². The van der Waals surface area contributed by atoms with Crippen LogP contribution in [0, 0.1) is 6.92 Å². The summed E-state index contributed by atoms with van der Waals surface area (Å²) < 4.78 is 10.6. The number of aromatic nitrogens is 1. The van der Waals surface area contributed by atoms with Gasteiger partial charge in [-0.25, -0.2) is 9.78 Å². The quantitative estimate of drug-likeness (QED) is 0.630. The Kier molecular flexibility index (Phi) is 8.52. The average molecular weight is 345 g/mol. The Labute approximate surface area is 139 Å². The standard InChI is InChI=1S/C14H23N3O5S/c1-4-21-8-6-17(7-9-22-5-2)12(18)11-10(3)15-13(23-11)16-14(19)20/h4-9H2,1-3H3,(H,15,16)(H,19,20). The van der Waals surface area contributed by atoms with E-state index in [0.29, 0.717) is 50.1 Å². The number of ether oxygens (including phenoxy) is 2. The lowest BCUT2D eigenvalue weighted by atomic mass is 10.3. The molecular weight excluding hydrogens is 322 g/mol. The molecule has 2 amide bonds. The Morgan fingerprint density at radius 3 is 2.26 bits per heavy atom. The predicted octanol–water partition coefficient (Wildman–Crippen LogP) is 2.06. The van der Waals surface area contributed by atoms with Crippen LogP contribution in [0.2, 0.25) is 0 Å². The van der Waals surface area contributed by atoms with E-state index >= 15 is 0 Å². The van der Waals surface area contributed by atoms with E-state index in [9.17, 15) is 9.59 Å². The molecule has 2 N–H and O–H groups in total. The number of aryl methyl sites for hydroxylation is 1. The Morgan fingerprint density at radius 1 is 1.22 bits per heavy atom. The summed E-state index contributed by atoms with van der Waals surface area (Å²) in [6, 6.07) is 0. The van der Waals surface area contributed by atoms with E-state index in [-0.39, 0.29) is 11.0 Å². The van der Waals surface area contributed by atoms with Gasteiger partial charge in [-0.1, -0.05) is 11.3 Å². The zero-order valence-electron chi connectivity index (χ0n) is 13.6. The van der Waals surface area contributed by atoms with Gasteiger partial charge < -0.3 is 19.5 Å². The average Bonchev–Trinajstić information content (AvgIpc) is 2.85. The summed E-state index contributed by atoms with van der Waals surface area (Å²) in [4.78, 5) is 29.4. The zero-order chi connectivity index (χ0) is 17.2. The molecule has 0 aromatic carbocycles.